The molecule has 3 heterocycles. The third-order valence-electron chi connectivity index (χ3n) is 5.20. The van der Waals surface area contributed by atoms with Crippen LogP contribution in [0.2, 0.25) is 0 Å². The van der Waals surface area contributed by atoms with Gasteiger partial charge in [-0.25, -0.2) is 5.43 Å². The highest BCUT2D eigenvalue weighted by Crippen LogP contribution is 2.21. The van der Waals surface area contributed by atoms with E-state index in [0.717, 1.165) is 56.0 Å². The van der Waals surface area contributed by atoms with Crippen molar-refractivity contribution in [1.82, 2.24) is 15.0 Å². The van der Waals surface area contributed by atoms with Gasteiger partial charge in [-0.05, 0) is 43.9 Å². The number of aromatic nitrogens is 3. The molecular formula is C20H28N8O. The maximum absolute atomic E-state index is 5.77. The number of ether oxygens (including phenoxy) is 1. The first-order valence-corrected chi connectivity index (χ1v) is 10.2. The van der Waals surface area contributed by atoms with Crippen LogP contribution in [-0.4, -0.2) is 60.1 Å². The van der Waals surface area contributed by atoms with Crippen molar-refractivity contribution in [3.05, 3.63) is 29.8 Å². The summed E-state index contributed by atoms with van der Waals surface area (Å²) < 4.78 is 5.46. The fourth-order valence-electron chi connectivity index (χ4n) is 3.47. The van der Waals surface area contributed by atoms with Crippen molar-refractivity contribution in [2.24, 2.45) is 5.10 Å². The molecular weight excluding hydrogens is 368 g/mol. The Labute approximate surface area is 171 Å². The lowest BCUT2D eigenvalue weighted by Gasteiger charge is -2.30. The predicted octanol–water partition coefficient (Wildman–Crippen LogP) is 2.12. The van der Waals surface area contributed by atoms with Crippen molar-refractivity contribution in [2.75, 3.05) is 60.4 Å². The van der Waals surface area contributed by atoms with Gasteiger partial charge in [-0.1, -0.05) is 12.1 Å². The third-order valence-corrected chi connectivity index (χ3v) is 5.20. The average molecular weight is 396 g/mol. The van der Waals surface area contributed by atoms with Crippen molar-refractivity contribution in [3.8, 4) is 0 Å². The van der Waals surface area contributed by atoms with Gasteiger partial charge >= 0.3 is 0 Å². The van der Waals surface area contributed by atoms with Gasteiger partial charge in [-0.2, -0.15) is 20.1 Å². The Hall–Kier alpha value is -2.94. The number of anilines is 4. The fraction of sp³-hybridized carbons (Fsp3) is 0.500. The SMILES string of the molecule is C/C(=N\Nc1nc(N2CCCCC2)nc(N2CCOCC2)n1)c1ccc(N)cc1. The molecule has 9 nitrogen and oxygen atoms in total. The lowest BCUT2D eigenvalue weighted by Crippen LogP contribution is -2.38. The van der Waals surface area contributed by atoms with Gasteiger partial charge in [0, 0.05) is 31.9 Å². The van der Waals surface area contributed by atoms with E-state index in [1.165, 1.54) is 6.42 Å². The highest BCUT2D eigenvalue weighted by molar-refractivity contribution is 5.99. The van der Waals surface area contributed by atoms with E-state index in [9.17, 15) is 0 Å². The number of benzene rings is 1. The number of nitrogens with one attached hydrogen (secondary N) is 1. The third kappa shape index (κ3) is 4.92. The second kappa shape index (κ2) is 9.04. The number of nitrogens with two attached hydrogens (primary N) is 1. The van der Waals surface area contributed by atoms with Crippen LogP contribution in [0.3, 0.4) is 0 Å². The zero-order valence-corrected chi connectivity index (χ0v) is 16.8. The van der Waals surface area contributed by atoms with Crippen molar-refractivity contribution in [1.29, 1.82) is 0 Å². The summed E-state index contributed by atoms with van der Waals surface area (Å²) in [4.78, 5) is 18.4. The number of hydrogen-bond acceptors (Lipinski definition) is 9. The molecule has 9 heteroatoms. The van der Waals surface area contributed by atoms with Crippen molar-refractivity contribution in [2.45, 2.75) is 26.2 Å². The number of hydrogen-bond donors (Lipinski definition) is 2. The maximum Gasteiger partial charge on any atom is 0.250 e. The molecule has 2 fully saturated rings. The normalized spacial score (nSPS) is 18.0. The standard InChI is InChI=1S/C20H28N8O/c1-15(16-5-7-17(21)8-6-16)25-26-18-22-19(27-9-3-2-4-10-27)24-20(23-18)28-11-13-29-14-12-28/h5-8H,2-4,9-14,21H2,1H3,(H,22,23,24,26)/b25-15+. The Kier molecular flexibility index (Phi) is 6.04. The molecule has 29 heavy (non-hydrogen) atoms. The number of nitrogen functional groups attached to an aromatic ring is 1. The summed E-state index contributed by atoms with van der Waals surface area (Å²) in [6, 6.07) is 7.62. The summed E-state index contributed by atoms with van der Waals surface area (Å²) in [6.45, 7) is 6.80. The summed E-state index contributed by atoms with van der Waals surface area (Å²) in [5.74, 6) is 1.84. The number of morpholine rings is 1. The van der Waals surface area contributed by atoms with Crippen LogP contribution in [0.15, 0.2) is 29.4 Å². The van der Waals surface area contributed by atoms with Crippen LogP contribution >= 0.6 is 0 Å². The first kappa shape index (κ1) is 19.4. The van der Waals surface area contributed by atoms with Crippen LogP contribution in [0.5, 0.6) is 0 Å². The number of rotatable bonds is 5. The largest absolute Gasteiger partial charge is 0.399 e. The molecule has 0 amide bonds. The minimum Gasteiger partial charge on any atom is -0.399 e. The van der Waals surface area contributed by atoms with Crippen LogP contribution in [0, 0.1) is 0 Å². The molecule has 1 aromatic heterocycles. The quantitative estimate of drug-likeness (QED) is 0.450. The zero-order chi connectivity index (χ0) is 20.1. The molecule has 0 saturated carbocycles. The molecule has 2 aliphatic rings. The second-order valence-electron chi connectivity index (χ2n) is 7.34. The topological polar surface area (TPSA) is 105 Å². The predicted molar refractivity (Wildman–Crippen MR) is 116 cm³/mol. The van der Waals surface area contributed by atoms with E-state index in [-0.39, 0.29) is 0 Å². The molecule has 2 saturated heterocycles. The minimum absolute atomic E-state index is 0.455. The molecule has 0 spiro atoms. The summed E-state index contributed by atoms with van der Waals surface area (Å²) in [6.07, 6.45) is 3.58. The van der Waals surface area contributed by atoms with E-state index in [1.807, 2.05) is 31.2 Å². The minimum atomic E-state index is 0.455. The van der Waals surface area contributed by atoms with Gasteiger partial charge in [-0.3, -0.25) is 0 Å². The molecule has 154 valence electrons. The summed E-state index contributed by atoms with van der Waals surface area (Å²) in [7, 11) is 0. The lowest BCUT2D eigenvalue weighted by molar-refractivity contribution is 0.122. The second-order valence-corrected chi connectivity index (χ2v) is 7.34. The van der Waals surface area contributed by atoms with Crippen LogP contribution < -0.4 is 21.0 Å². The highest BCUT2D eigenvalue weighted by Gasteiger charge is 2.20. The lowest BCUT2D eigenvalue weighted by atomic mass is 10.1. The molecule has 2 aromatic rings. The first-order valence-electron chi connectivity index (χ1n) is 10.2. The average Bonchev–Trinajstić information content (AvgIpc) is 2.79. The Bertz CT molecular complexity index is 806. The molecule has 0 bridgehead atoms. The maximum atomic E-state index is 5.77. The van der Waals surface area contributed by atoms with Gasteiger partial charge < -0.3 is 20.3 Å². The number of piperidine rings is 1. The Morgan fingerprint density at radius 2 is 1.55 bits per heavy atom. The van der Waals surface area contributed by atoms with E-state index in [0.29, 0.717) is 31.1 Å². The zero-order valence-electron chi connectivity index (χ0n) is 16.8. The van der Waals surface area contributed by atoms with Gasteiger partial charge in [0.05, 0.1) is 18.9 Å². The van der Waals surface area contributed by atoms with Crippen molar-refractivity contribution in [3.63, 3.8) is 0 Å². The fourth-order valence-corrected chi connectivity index (χ4v) is 3.47. The molecule has 0 aliphatic carbocycles. The molecule has 0 atom stereocenters. The molecule has 2 aliphatic heterocycles. The van der Waals surface area contributed by atoms with Gasteiger partial charge in [0.2, 0.25) is 17.8 Å². The van der Waals surface area contributed by atoms with Gasteiger partial charge in [0.1, 0.15) is 0 Å². The number of nitrogens with zero attached hydrogens (tertiary/aromatic N) is 6. The Morgan fingerprint density at radius 1 is 0.931 bits per heavy atom. The van der Waals surface area contributed by atoms with E-state index in [2.05, 4.69) is 30.3 Å². The molecule has 0 radical (unpaired) electrons. The molecule has 4 rings (SSSR count). The van der Waals surface area contributed by atoms with E-state index < -0.39 is 0 Å². The van der Waals surface area contributed by atoms with Crippen molar-refractivity contribution >= 4 is 29.2 Å². The van der Waals surface area contributed by atoms with E-state index >= 15 is 0 Å². The molecule has 1 aromatic carbocycles. The van der Waals surface area contributed by atoms with E-state index in [1.54, 1.807) is 0 Å². The monoisotopic (exact) mass is 396 g/mol. The molecule has 0 unspecified atom stereocenters. The van der Waals surface area contributed by atoms with E-state index in [4.69, 9.17) is 15.5 Å². The van der Waals surface area contributed by atoms with Gasteiger partial charge in [-0.15, -0.1) is 0 Å². The Morgan fingerprint density at radius 3 is 2.21 bits per heavy atom. The van der Waals surface area contributed by atoms with Crippen LogP contribution in [0.1, 0.15) is 31.7 Å². The van der Waals surface area contributed by atoms with Crippen LogP contribution in [0.25, 0.3) is 0 Å². The first-order chi connectivity index (χ1) is 14.2. The summed E-state index contributed by atoms with van der Waals surface area (Å²) in [5.41, 5.74) is 11.3. The van der Waals surface area contributed by atoms with Gasteiger partial charge in [0.25, 0.3) is 0 Å². The molecule has 3 N–H and O–H groups in total. The van der Waals surface area contributed by atoms with Crippen molar-refractivity contribution < 1.29 is 4.74 Å². The Balaban J connectivity index is 1.58. The number of hydrazone groups is 1. The van der Waals surface area contributed by atoms with Crippen LogP contribution in [-0.2, 0) is 4.74 Å². The summed E-state index contributed by atoms with van der Waals surface area (Å²) in [5, 5.41) is 4.48. The van der Waals surface area contributed by atoms with Gasteiger partial charge in [0.15, 0.2) is 0 Å². The summed E-state index contributed by atoms with van der Waals surface area (Å²) >= 11 is 0. The smallest absolute Gasteiger partial charge is 0.250 e. The van der Waals surface area contributed by atoms with Crippen LogP contribution in [0.4, 0.5) is 23.5 Å². The highest BCUT2D eigenvalue weighted by atomic mass is 16.5.